The van der Waals surface area contributed by atoms with Crippen molar-refractivity contribution in [1.29, 1.82) is 0 Å². The van der Waals surface area contributed by atoms with Gasteiger partial charge in [0.1, 0.15) is 13.2 Å². The fraction of sp³-hybridized carbons (Fsp3) is 0.312. The molecular weight excluding hydrogens is 650 g/mol. The summed E-state index contributed by atoms with van der Waals surface area (Å²) < 4.78 is 48.3. The molecule has 3 aromatic rings. The van der Waals surface area contributed by atoms with Crippen LogP contribution in [0.4, 0.5) is 9.59 Å². The predicted molar refractivity (Wildman–Crippen MR) is 168 cm³/mol. The number of alkyl carbamates (subject to hydrolysis) is 2. The van der Waals surface area contributed by atoms with Crippen LogP contribution in [0.3, 0.4) is 0 Å². The number of amides is 2. The summed E-state index contributed by atoms with van der Waals surface area (Å²) >= 11 is 0. The highest BCUT2D eigenvalue weighted by Gasteiger charge is 2.35. The van der Waals surface area contributed by atoms with Crippen molar-refractivity contribution in [2.75, 3.05) is 19.9 Å². The first-order chi connectivity index (χ1) is 22.9. The maximum atomic E-state index is 13.6. The van der Waals surface area contributed by atoms with E-state index in [1.165, 1.54) is 24.3 Å². The minimum Gasteiger partial charge on any atom is -0.447 e. The van der Waals surface area contributed by atoms with Gasteiger partial charge in [-0.2, -0.15) is 0 Å². The van der Waals surface area contributed by atoms with Crippen molar-refractivity contribution in [2.45, 2.75) is 50.3 Å². The first-order valence-corrected chi connectivity index (χ1v) is 16.0. The van der Waals surface area contributed by atoms with Crippen LogP contribution in [0.25, 0.3) is 0 Å². The molecule has 0 fully saturated rings. The van der Waals surface area contributed by atoms with E-state index < -0.39 is 72.4 Å². The lowest BCUT2D eigenvalue weighted by Gasteiger charge is -2.29. The lowest BCUT2D eigenvalue weighted by molar-refractivity contribution is -0.163. The molecule has 0 heterocycles. The molecular formula is C32H37N3O12S. The Morgan fingerprint density at radius 1 is 0.708 bits per heavy atom. The van der Waals surface area contributed by atoms with E-state index in [4.69, 9.17) is 18.9 Å². The van der Waals surface area contributed by atoms with Crippen molar-refractivity contribution in [3.05, 3.63) is 102 Å². The minimum atomic E-state index is -4.52. The smallest absolute Gasteiger partial charge is 0.408 e. The molecule has 0 aliphatic carbocycles. The number of aliphatic hydroxyl groups excluding tert-OH is 2. The van der Waals surface area contributed by atoms with Gasteiger partial charge in [-0.25, -0.2) is 27.6 Å². The fourth-order valence-corrected chi connectivity index (χ4v) is 5.30. The molecule has 4 N–H and O–H groups in total. The van der Waals surface area contributed by atoms with E-state index in [2.05, 4.69) is 10.6 Å². The maximum absolute atomic E-state index is 13.6. The molecule has 258 valence electrons. The summed E-state index contributed by atoms with van der Waals surface area (Å²) in [4.78, 5) is 50.0. The standard InChI is InChI=1S/C32H37N3O12S/c1-22-13-15-26(16-14-22)48(42,43)35(21-46-29(38)27(17-36)33-31(40)44-19-24-9-5-3-6-10-24)23(2)47-30(39)28(18-37)34-32(41)45-20-25-11-7-4-8-12-25/h3-16,23,27-28,36-37H,17-21H2,1-2H3,(H,33,40)(H,34,41)/t23?,27-,28-/m0/s1. The second-order valence-corrected chi connectivity index (χ2v) is 12.1. The minimum absolute atomic E-state index is 0.125. The van der Waals surface area contributed by atoms with Gasteiger partial charge >= 0.3 is 24.1 Å². The maximum Gasteiger partial charge on any atom is 0.408 e. The Bertz CT molecular complexity index is 1610. The number of nitrogens with zero attached hydrogens (tertiary/aromatic N) is 1. The Morgan fingerprint density at radius 2 is 1.17 bits per heavy atom. The number of rotatable bonds is 16. The topological polar surface area (TPSA) is 207 Å². The molecule has 3 atom stereocenters. The number of benzene rings is 3. The number of esters is 2. The van der Waals surface area contributed by atoms with Gasteiger partial charge in [-0.05, 0) is 37.1 Å². The predicted octanol–water partition coefficient (Wildman–Crippen LogP) is 1.95. The van der Waals surface area contributed by atoms with Gasteiger partial charge in [0.15, 0.2) is 25.0 Å². The third-order valence-corrected chi connectivity index (χ3v) is 8.49. The molecule has 0 saturated carbocycles. The van der Waals surface area contributed by atoms with Gasteiger partial charge in [-0.3, -0.25) is 0 Å². The van der Waals surface area contributed by atoms with Crippen LogP contribution in [-0.2, 0) is 51.8 Å². The van der Waals surface area contributed by atoms with Crippen molar-refractivity contribution in [1.82, 2.24) is 14.9 Å². The van der Waals surface area contributed by atoms with Crippen LogP contribution in [0.5, 0.6) is 0 Å². The van der Waals surface area contributed by atoms with Crippen LogP contribution in [0.2, 0.25) is 0 Å². The van der Waals surface area contributed by atoms with Gasteiger partial charge in [0.2, 0.25) is 10.0 Å². The van der Waals surface area contributed by atoms with Gasteiger partial charge in [0, 0.05) is 0 Å². The van der Waals surface area contributed by atoms with E-state index in [0.717, 1.165) is 12.5 Å². The van der Waals surface area contributed by atoms with Crippen LogP contribution in [0.1, 0.15) is 23.6 Å². The number of nitrogens with one attached hydrogen (secondary N) is 2. The van der Waals surface area contributed by atoms with Crippen LogP contribution >= 0.6 is 0 Å². The van der Waals surface area contributed by atoms with Crippen molar-refractivity contribution >= 4 is 34.1 Å². The summed E-state index contributed by atoms with van der Waals surface area (Å²) in [6.45, 7) is -0.230. The Hall–Kier alpha value is -5.03. The normalized spacial score (nSPS) is 13.0. The van der Waals surface area contributed by atoms with Gasteiger partial charge in [0.25, 0.3) is 0 Å². The molecule has 16 heteroatoms. The SMILES string of the molecule is Cc1ccc(S(=O)(=O)N(COC(=O)[C@H](CO)NC(=O)OCc2ccccc2)C(C)OC(=O)[C@H](CO)NC(=O)OCc2ccccc2)cc1. The number of hydrogen-bond acceptors (Lipinski definition) is 12. The zero-order valence-electron chi connectivity index (χ0n) is 26.2. The molecule has 0 aliphatic rings. The Labute approximate surface area is 277 Å². The number of ether oxygens (including phenoxy) is 4. The fourth-order valence-electron chi connectivity index (χ4n) is 3.92. The van der Waals surface area contributed by atoms with Gasteiger partial charge in [0.05, 0.1) is 18.1 Å². The molecule has 0 spiro atoms. The largest absolute Gasteiger partial charge is 0.447 e. The zero-order valence-corrected chi connectivity index (χ0v) is 27.0. The molecule has 3 aromatic carbocycles. The van der Waals surface area contributed by atoms with Crippen LogP contribution in [-0.4, -0.2) is 85.3 Å². The highest BCUT2D eigenvalue weighted by Crippen LogP contribution is 2.20. The second-order valence-electron chi connectivity index (χ2n) is 10.2. The van der Waals surface area contributed by atoms with E-state index >= 15 is 0 Å². The van der Waals surface area contributed by atoms with E-state index in [9.17, 15) is 37.8 Å². The molecule has 15 nitrogen and oxygen atoms in total. The number of aliphatic hydroxyl groups is 2. The van der Waals surface area contributed by atoms with Crippen molar-refractivity contribution in [2.24, 2.45) is 0 Å². The number of aryl methyl sites for hydroxylation is 1. The first-order valence-electron chi connectivity index (χ1n) is 14.6. The van der Waals surface area contributed by atoms with Crippen LogP contribution in [0.15, 0.2) is 89.8 Å². The van der Waals surface area contributed by atoms with E-state index in [0.29, 0.717) is 15.4 Å². The molecule has 3 rings (SSSR count). The first kappa shape index (κ1) is 37.4. The summed E-state index contributed by atoms with van der Waals surface area (Å²) in [6.07, 6.45) is -3.76. The van der Waals surface area contributed by atoms with Crippen molar-refractivity contribution in [3.8, 4) is 0 Å². The number of carbonyl (C=O) groups is 4. The molecule has 1 unspecified atom stereocenters. The highest BCUT2D eigenvalue weighted by molar-refractivity contribution is 7.89. The quantitative estimate of drug-likeness (QED) is 0.0969. The molecule has 0 bridgehead atoms. The van der Waals surface area contributed by atoms with Gasteiger partial charge in [-0.1, -0.05) is 78.4 Å². The Kier molecular flexibility index (Phi) is 14.3. The van der Waals surface area contributed by atoms with Crippen LogP contribution in [0, 0.1) is 6.92 Å². The second kappa shape index (κ2) is 18.3. The van der Waals surface area contributed by atoms with E-state index in [-0.39, 0.29) is 18.1 Å². The molecule has 0 radical (unpaired) electrons. The number of hydrogen-bond donors (Lipinski definition) is 4. The summed E-state index contributed by atoms with van der Waals surface area (Å²) in [7, 11) is -4.52. The summed E-state index contributed by atoms with van der Waals surface area (Å²) in [5.74, 6) is -2.46. The average Bonchev–Trinajstić information content (AvgIpc) is 3.08. The third kappa shape index (κ3) is 11.3. The third-order valence-electron chi connectivity index (χ3n) is 6.60. The lowest BCUT2D eigenvalue weighted by atomic mass is 10.2. The van der Waals surface area contributed by atoms with Crippen molar-refractivity contribution in [3.63, 3.8) is 0 Å². The average molecular weight is 688 g/mol. The van der Waals surface area contributed by atoms with Crippen molar-refractivity contribution < 1.29 is 56.8 Å². The summed E-state index contributed by atoms with van der Waals surface area (Å²) in [5, 5.41) is 23.7. The zero-order chi connectivity index (χ0) is 35.1. The number of carbonyl (C=O) groups excluding carboxylic acids is 4. The molecule has 2 amide bonds. The highest BCUT2D eigenvalue weighted by atomic mass is 32.2. The van der Waals surface area contributed by atoms with Gasteiger partial charge in [-0.15, -0.1) is 4.31 Å². The Morgan fingerprint density at radius 3 is 1.62 bits per heavy atom. The summed E-state index contributed by atoms with van der Waals surface area (Å²) in [5.41, 5.74) is 2.08. The molecule has 0 aromatic heterocycles. The lowest BCUT2D eigenvalue weighted by Crippen LogP contribution is -2.50. The molecule has 0 aliphatic heterocycles. The summed E-state index contributed by atoms with van der Waals surface area (Å²) in [6, 6.07) is 19.7. The van der Waals surface area contributed by atoms with E-state index in [1.54, 1.807) is 67.6 Å². The van der Waals surface area contributed by atoms with E-state index in [1.807, 2.05) is 0 Å². The van der Waals surface area contributed by atoms with Crippen LogP contribution < -0.4 is 10.6 Å². The van der Waals surface area contributed by atoms with Gasteiger partial charge < -0.3 is 39.8 Å². The monoisotopic (exact) mass is 687 g/mol. The number of sulfonamides is 1. The Balaban J connectivity index is 1.68. The molecule has 48 heavy (non-hydrogen) atoms. The molecule has 0 saturated heterocycles.